The summed E-state index contributed by atoms with van der Waals surface area (Å²) in [6.07, 6.45) is 4.40. The van der Waals surface area contributed by atoms with Crippen LogP contribution in [-0.4, -0.2) is 25.6 Å². The van der Waals surface area contributed by atoms with Gasteiger partial charge in [-0.15, -0.1) is 0 Å². The van der Waals surface area contributed by atoms with E-state index in [2.05, 4.69) is 12.0 Å². The van der Waals surface area contributed by atoms with E-state index in [0.29, 0.717) is 12.3 Å². The molecule has 1 aliphatic carbocycles. The number of aryl methyl sites for hydroxylation is 1. The van der Waals surface area contributed by atoms with Gasteiger partial charge in [0.25, 0.3) is 0 Å². The molecule has 1 aromatic heterocycles. The van der Waals surface area contributed by atoms with E-state index in [1.165, 1.54) is 0 Å². The van der Waals surface area contributed by atoms with Crippen LogP contribution in [0.2, 0.25) is 0 Å². The average Bonchev–Trinajstić information content (AvgIpc) is 2.60. The van der Waals surface area contributed by atoms with Crippen LogP contribution in [0.4, 0.5) is 0 Å². The molecule has 5 nitrogen and oxygen atoms in total. The molecule has 3 atom stereocenters. The Morgan fingerprint density at radius 1 is 1.44 bits per heavy atom. The normalized spacial score (nSPS) is 28.6. The van der Waals surface area contributed by atoms with Gasteiger partial charge in [0.1, 0.15) is 5.82 Å². The maximum absolute atomic E-state index is 12.1. The molecule has 2 rings (SSSR count). The molecule has 0 saturated heterocycles. The second-order valence-electron chi connectivity index (χ2n) is 5.42. The summed E-state index contributed by atoms with van der Waals surface area (Å²) in [5.74, 6) is 1.20. The van der Waals surface area contributed by atoms with E-state index in [-0.39, 0.29) is 17.8 Å². The Labute approximate surface area is 107 Å². The Balaban J connectivity index is 2.32. The lowest BCUT2D eigenvalue weighted by molar-refractivity contribution is 0.0632. The molecule has 102 valence electrons. The predicted octanol–water partition coefficient (Wildman–Crippen LogP) is 1.39. The first kappa shape index (κ1) is 13.3. The highest BCUT2D eigenvalue weighted by molar-refractivity contribution is 4.89. The zero-order valence-corrected chi connectivity index (χ0v) is 11.5. The topological polar surface area (TPSA) is 60.0 Å². The molecule has 1 saturated carbocycles. The van der Waals surface area contributed by atoms with Crippen LogP contribution >= 0.6 is 0 Å². The van der Waals surface area contributed by atoms with Gasteiger partial charge in [0, 0.05) is 7.05 Å². The number of hydrogen-bond donors (Lipinski definition) is 1. The van der Waals surface area contributed by atoms with Crippen LogP contribution in [0.5, 0.6) is 0 Å². The summed E-state index contributed by atoms with van der Waals surface area (Å²) in [7, 11) is 1.75. The molecule has 1 aliphatic rings. The number of hydrogen-bond acceptors (Lipinski definition) is 3. The van der Waals surface area contributed by atoms with Crippen molar-refractivity contribution >= 4 is 0 Å². The Kier molecular flexibility index (Phi) is 3.90. The SMILES string of the molecule is CCCC1CCC(O)CC1n1nc(C)n(C)c1=O. The van der Waals surface area contributed by atoms with E-state index < -0.39 is 0 Å². The predicted molar refractivity (Wildman–Crippen MR) is 69.5 cm³/mol. The smallest absolute Gasteiger partial charge is 0.345 e. The third-order valence-corrected chi connectivity index (χ3v) is 4.12. The molecule has 18 heavy (non-hydrogen) atoms. The molecule has 1 N–H and O–H groups in total. The zero-order valence-electron chi connectivity index (χ0n) is 11.5. The molecule has 3 unspecified atom stereocenters. The minimum Gasteiger partial charge on any atom is -0.393 e. The van der Waals surface area contributed by atoms with Crippen LogP contribution in [0.3, 0.4) is 0 Å². The van der Waals surface area contributed by atoms with Gasteiger partial charge in [0.2, 0.25) is 0 Å². The van der Waals surface area contributed by atoms with E-state index in [4.69, 9.17) is 0 Å². The first-order valence-corrected chi connectivity index (χ1v) is 6.84. The van der Waals surface area contributed by atoms with Crippen LogP contribution in [0.15, 0.2) is 4.79 Å². The van der Waals surface area contributed by atoms with Crippen molar-refractivity contribution in [3.8, 4) is 0 Å². The van der Waals surface area contributed by atoms with Gasteiger partial charge < -0.3 is 5.11 Å². The monoisotopic (exact) mass is 253 g/mol. The van der Waals surface area contributed by atoms with E-state index in [9.17, 15) is 9.90 Å². The lowest BCUT2D eigenvalue weighted by Crippen LogP contribution is -2.36. The van der Waals surface area contributed by atoms with E-state index in [1.54, 1.807) is 16.3 Å². The Bertz CT molecular complexity index is 463. The Morgan fingerprint density at radius 2 is 2.17 bits per heavy atom. The maximum Gasteiger partial charge on any atom is 0.345 e. The van der Waals surface area contributed by atoms with Crippen molar-refractivity contribution in [3.05, 3.63) is 16.3 Å². The van der Waals surface area contributed by atoms with Crippen LogP contribution in [-0.2, 0) is 7.05 Å². The van der Waals surface area contributed by atoms with Crippen molar-refractivity contribution < 1.29 is 5.11 Å². The quantitative estimate of drug-likeness (QED) is 0.885. The van der Waals surface area contributed by atoms with Gasteiger partial charge in [-0.3, -0.25) is 4.57 Å². The third kappa shape index (κ3) is 2.36. The molecule has 0 radical (unpaired) electrons. The van der Waals surface area contributed by atoms with Gasteiger partial charge in [-0.1, -0.05) is 13.3 Å². The van der Waals surface area contributed by atoms with Crippen LogP contribution in [0, 0.1) is 12.8 Å². The van der Waals surface area contributed by atoms with Crippen LogP contribution in [0.25, 0.3) is 0 Å². The van der Waals surface area contributed by atoms with Crippen molar-refractivity contribution in [3.63, 3.8) is 0 Å². The molecular formula is C13H23N3O2. The van der Waals surface area contributed by atoms with Crippen LogP contribution < -0.4 is 5.69 Å². The highest BCUT2D eigenvalue weighted by Crippen LogP contribution is 2.35. The third-order valence-electron chi connectivity index (χ3n) is 4.12. The summed E-state index contributed by atoms with van der Waals surface area (Å²) in [6.45, 7) is 4.00. The molecule has 1 aromatic rings. The summed E-state index contributed by atoms with van der Waals surface area (Å²) >= 11 is 0. The minimum absolute atomic E-state index is 0.0566. The van der Waals surface area contributed by atoms with Gasteiger partial charge in [-0.2, -0.15) is 5.10 Å². The van der Waals surface area contributed by atoms with Gasteiger partial charge in [-0.05, 0) is 38.5 Å². The van der Waals surface area contributed by atoms with Gasteiger partial charge in [0.15, 0.2) is 0 Å². The van der Waals surface area contributed by atoms with Crippen LogP contribution in [0.1, 0.15) is 50.9 Å². The first-order valence-electron chi connectivity index (χ1n) is 6.84. The molecule has 0 aromatic carbocycles. The fraction of sp³-hybridized carbons (Fsp3) is 0.846. The van der Waals surface area contributed by atoms with Crippen molar-refractivity contribution in [1.29, 1.82) is 0 Å². The number of nitrogens with zero attached hydrogens (tertiary/aromatic N) is 3. The van der Waals surface area contributed by atoms with E-state index in [0.717, 1.165) is 31.5 Å². The second kappa shape index (κ2) is 5.26. The second-order valence-corrected chi connectivity index (χ2v) is 5.42. The molecular weight excluding hydrogens is 230 g/mol. The van der Waals surface area contributed by atoms with E-state index in [1.807, 2.05) is 6.92 Å². The van der Waals surface area contributed by atoms with Crippen molar-refractivity contribution in [1.82, 2.24) is 14.3 Å². The van der Waals surface area contributed by atoms with Gasteiger partial charge in [-0.25, -0.2) is 9.48 Å². The molecule has 1 fully saturated rings. The largest absolute Gasteiger partial charge is 0.393 e. The summed E-state index contributed by atoms with van der Waals surface area (Å²) in [5, 5.41) is 14.2. The lowest BCUT2D eigenvalue weighted by Gasteiger charge is -2.33. The first-order chi connectivity index (χ1) is 8.54. The summed E-state index contributed by atoms with van der Waals surface area (Å²) in [4.78, 5) is 12.1. The van der Waals surface area contributed by atoms with Crippen molar-refractivity contribution in [2.75, 3.05) is 0 Å². The Morgan fingerprint density at radius 3 is 2.72 bits per heavy atom. The molecule has 0 bridgehead atoms. The van der Waals surface area contributed by atoms with Crippen molar-refractivity contribution in [2.24, 2.45) is 13.0 Å². The van der Waals surface area contributed by atoms with Gasteiger partial charge in [0.05, 0.1) is 12.1 Å². The lowest BCUT2D eigenvalue weighted by atomic mass is 9.80. The summed E-state index contributed by atoms with van der Waals surface area (Å²) in [5.41, 5.74) is -0.0623. The molecule has 0 amide bonds. The fourth-order valence-electron chi connectivity index (χ4n) is 2.97. The minimum atomic E-state index is -0.294. The fourth-order valence-corrected chi connectivity index (χ4v) is 2.97. The zero-order chi connectivity index (χ0) is 13.3. The Hall–Kier alpha value is -1.10. The number of aliphatic hydroxyl groups excluding tert-OH is 1. The maximum atomic E-state index is 12.1. The highest BCUT2D eigenvalue weighted by Gasteiger charge is 2.32. The highest BCUT2D eigenvalue weighted by atomic mass is 16.3. The average molecular weight is 253 g/mol. The number of rotatable bonds is 3. The molecule has 0 spiro atoms. The number of aliphatic hydroxyl groups is 1. The van der Waals surface area contributed by atoms with Gasteiger partial charge >= 0.3 is 5.69 Å². The standard InChI is InChI=1S/C13H23N3O2/c1-4-5-10-6-7-11(17)8-12(10)16-13(18)15(3)9(2)14-16/h10-12,17H,4-8H2,1-3H3. The molecule has 0 aliphatic heterocycles. The number of aromatic nitrogens is 3. The van der Waals surface area contributed by atoms with Crippen molar-refractivity contribution in [2.45, 2.75) is 58.1 Å². The molecule has 5 heteroatoms. The molecule has 1 heterocycles. The van der Waals surface area contributed by atoms with E-state index >= 15 is 0 Å². The summed E-state index contributed by atoms with van der Waals surface area (Å²) in [6, 6.07) is 0.0566. The summed E-state index contributed by atoms with van der Waals surface area (Å²) < 4.78 is 3.17.